The summed E-state index contributed by atoms with van der Waals surface area (Å²) in [5, 5.41) is 3.52. The van der Waals surface area contributed by atoms with Crippen LogP contribution in [0.3, 0.4) is 0 Å². The van der Waals surface area contributed by atoms with E-state index in [0.29, 0.717) is 6.04 Å². The minimum atomic E-state index is -0.0475. The molecule has 1 saturated heterocycles. The highest BCUT2D eigenvalue weighted by atomic mass is 16.1. The average molecular weight is 231 g/mol. The number of fused-ring (bicyclic) bond motifs is 1. The third-order valence-electron chi connectivity index (χ3n) is 3.64. The van der Waals surface area contributed by atoms with Gasteiger partial charge < -0.3 is 10.3 Å². The molecule has 1 aliphatic rings. The van der Waals surface area contributed by atoms with Gasteiger partial charge in [-0.1, -0.05) is 12.5 Å². The zero-order chi connectivity index (χ0) is 11.8. The molecule has 1 unspecified atom stereocenters. The summed E-state index contributed by atoms with van der Waals surface area (Å²) in [6.07, 6.45) is 3.73. The Kier molecular flexibility index (Phi) is 2.52. The van der Waals surface area contributed by atoms with Crippen molar-refractivity contribution >= 4 is 11.0 Å². The molecule has 1 aliphatic heterocycles. The zero-order valence-corrected chi connectivity index (χ0v) is 9.99. The van der Waals surface area contributed by atoms with Crippen molar-refractivity contribution in [1.29, 1.82) is 0 Å². The van der Waals surface area contributed by atoms with Gasteiger partial charge in [0.15, 0.2) is 0 Å². The first-order valence-electron chi connectivity index (χ1n) is 6.18. The minimum absolute atomic E-state index is 0.0475. The summed E-state index contributed by atoms with van der Waals surface area (Å²) in [7, 11) is 1.79. The highest BCUT2D eigenvalue weighted by molar-refractivity contribution is 5.76. The Hall–Kier alpha value is -1.55. The summed E-state index contributed by atoms with van der Waals surface area (Å²) in [5.41, 5.74) is 3.13. The van der Waals surface area contributed by atoms with Crippen LogP contribution in [0.25, 0.3) is 11.0 Å². The van der Waals surface area contributed by atoms with Crippen LogP contribution in [0.2, 0.25) is 0 Å². The maximum absolute atomic E-state index is 11.5. The van der Waals surface area contributed by atoms with Crippen LogP contribution in [0.1, 0.15) is 30.9 Å². The molecule has 1 aromatic heterocycles. The summed E-state index contributed by atoms with van der Waals surface area (Å²) in [4.78, 5) is 14.4. The van der Waals surface area contributed by atoms with Gasteiger partial charge in [0.2, 0.25) is 0 Å². The van der Waals surface area contributed by atoms with Crippen molar-refractivity contribution in [3.8, 4) is 0 Å². The largest absolute Gasteiger partial charge is 0.326 e. The van der Waals surface area contributed by atoms with E-state index in [1.165, 1.54) is 24.8 Å². The molecule has 1 aromatic carbocycles. The van der Waals surface area contributed by atoms with Crippen molar-refractivity contribution in [2.45, 2.75) is 25.3 Å². The maximum Gasteiger partial charge on any atom is 0.326 e. The van der Waals surface area contributed by atoms with Crippen molar-refractivity contribution in [2.24, 2.45) is 7.05 Å². The summed E-state index contributed by atoms with van der Waals surface area (Å²) in [6.45, 7) is 1.09. The number of benzene rings is 1. The van der Waals surface area contributed by atoms with Crippen molar-refractivity contribution < 1.29 is 0 Å². The number of nitrogens with one attached hydrogen (secondary N) is 2. The second-order valence-electron chi connectivity index (χ2n) is 4.77. The second kappa shape index (κ2) is 4.04. The summed E-state index contributed by atoms with van der Waals surface area (Å²) in [5.74, 6) is 0. The number of hydrogen-bond acceptors (Lipinski definition) is 2. The molecule has 90 valence electrons. The van der Waals surface area contributed by atoms with E-state index in [1.54, 1.807) is 11.6 Å². The zero-order valence-electron chi connectivity index (χ0n) is 9.99. The first-order valence-corrected chi connectivity index (χ1v) is 6.18. The Labute approximate surface area is 99.6 Å². The number of aryl methyl sites for hydroxylation is 1. The highest BCUT2D eigenvalue weighted by Gasteiger charge is 2.15. The first-order chi connectivity index (χ1) is 8.25. The number of aromatic amines is 1. The molecule has 0 amide bonds. The van der Waals surface area contributed by atoms with E-state index in [9.17, 15) is 4.79 Å². The smallest absolute Gasteiger partial charge is 0.310 e. The van der Waals surface area contributed by atoms with Crippen LogP contribution in [0, 0.1) is 0 Å². The van der Waals surface area contributed by atoms with E-state index < -0.39 is 0 Å². The number of rotatable bonds is 1. The fourth-order valence-corrected chi connectivity index (χ4v) is 2.61. The molecule has 4 heteroatoms. The Morgan fingerprint density at radius 2 is 2.24 bits per heavy atom. The molecule has 0 bridgehead atoms. The van der Waals surface area contributed by atoms with Crippen LogP contribution in [-0.2, 0) is 7.05 Å². The standard InChI is InChI=1S/C13H17N3O/c1-16-12-6-5-9(8-11(12)15-13(16)17)10-4-2-3-7-14-10/h5-6,8,10,14H,2-4,7H2,1H3,(H,15,17). The van der Waals surface area contributed by atoms with E-state index in [0.717, 1.165) is 17.6 Å². The molecule has 1 atom stereocenters. The number of piperidine rings is 1. The van der Waals surface area contributed by atoms with Crippen molar-refractivity contribution in [2.75, 3.05) is 6.54 Å². The van der Waals surface area contributed by atoms with Crippen molar-refractivity contribution in [3.63, 3.8) is 0 Å². The van der Waals surface area contributed by atoms with Crippen LogP contribution in [0.4, 0.5) is 0 Å². The first kappa shape index (κ1) is 10.6. The molecule has 1 fully saturated rings. The van der Waals surface area contributed by atoms with Gasteiger partial charge in [0.05, 0.1) is 11.0 Å². The molecule has 4 nitrogen and oxygen atoms in total. The molecular weight excluding hydrogens is 214 g/mol. The maximum atomic E-state index is 11.5. The predicted octanol–water partition coefficient (Wildman–Crippen LogP) is 1.68. The third-order valence-corrected chi connectivity index (χ3v) is 3.64. The molecule has 0 saturated carbocycles. The van der Waals surface area contributed by atoms with E-state index >= 15 is 0 Å². The lowest BCUT2D eigenvalue weighted by molar-refractivity contribution is 0.412. The Bertz CT molecular complexity index is 590. The number of aromatic nitrogens is 2. The van der Waals surface area contributed by atoms with Crippen molar-refractivity contribution in [3.05, 3.63) is 34.2 Å². The van der Waals surface area contributed by atoms with Gasteiger partial charge in [0.1, 0.15) is 0 Å². The van der Waals surface area contributed by atoms with Gasteiger partial charge in [-0.25, -0.2) is 4.79 Å². The SMILES string of the molecule is Cn1c(=O)[nH]c2cc(C3CCCCN3)ccc21. The van der Waals surface area contributed by atoms with Gasteiger partial charge >= 0.3 is 5.69 Å². The average Bonchev–Trinajstić information content (AvgIpc) is 2.66. The van der Waals surface area contributed by atoms with Crippen molar-refractivity contribution in [1.82, 2.24) is 14.9 Å². The minimum Gasteiger partial charge on any atom is -0.310 e. The molecule has 2 aromatic rings. The molecule has 0 spiro atoms. The van der Waals surface area contributed by atoms with Crippen LogP contribution < -0.4 is 11.0 Å². The van der Waals surface area contributed by atoms with E-state index in [4.69, 9.17) is 0 Å². The number of imidazole rings is 1. The predicted molar refractivity (Wildman–Crippen MR) is 68.1 cm³/mol. The summed E-state index contributed by atoms with van der Waals surface area (Å²) in [6, 6.07) is 6.69. The molecule has 0 aliphatic carbocycles. The van der Waals surface area contributed by atoms with Crippen LogP contribution >= 0.6 is 0 Å². The highest BCUT2D eigenvalue weighted by Crippen LogP contribution is 2.24. The van der Waals surface area contributed by atoms with Gasteiger partial charge in [-0.15, -0.1) is 0 Å². The van der Waals surface area contributed by atoms with E-state index in [2.05, 4.69) is 22.4 Å². The lowest BCUT2D eigenvalue weighted by Gasteiger charge is -2.23. The third kappa shape index (κ3) is 1.78. The Morgan fingerprint density at radius 3 is 3.00 bits per heavy atom. The molecule has 2 heterocycles. The van der Waals surface area contributed by atoms with Gasteiger partial charge in [-0.2, -0.15) is 0 Å². The van der Waals surface area contributed by atoms with Gasteiger partial charge in [-0.3, -0.25) is 4.57 Å². The monoisotopic (exact) mass is 231 g/mol. The van der Waals surface area contributed by atoms with Gasteiger partial charge in [0.25, 0.3) is 0 Å². The second-order valence-corrected chi connectivity index (χ2v) is 4.77. The van der Waals surface area contributed by atoms with Gasteiger partial charge in [-0.05, 0) is 37.1 Å². The number of hydrogen-bond donors (Lipinski definition) is 2. The summed E-state index contributed by atoms with van der Waals surface area (Å²) < 4.78 is 1.65. The lowest BCUT2D eigenvalue weighted by Crippen LogP contribution is -2.26. The molecular formula is C13H17N3O. The van der Waals surface area contributed by atoms with Crippen LogP contribution in [-0.4, -0.2) is 16.1 Å². The van der Waals surface area contributed by atoms with Crippen LogP contribution in [0.15, 0.2) is 23.0 Å². The number of H-pyrrole nitrogens is 1. The molecule has 0 radical (unpaired) electrons. The lowest BCUT2D eigenvalue weighted by atomic mass is 9.97. The normalized spacial score (nSPS) is 20.9. The van der Waals surface area contributed by atoms with Gasteiger partial charge in [0, 0.05) is 13.1 Å². The molecule has 2 N–H and O–H groups in total. The van der Waals surface area contributed by atoms with E-state index in [1.807, 2.05) is 6.07 Å². The fourth-order valence-electron chi connectivity index (χ4n) is 2.61. The quantitative estimate of drug-likeness (QED) is 0.784. The molecule has 3 rings (SSSR count). The Balaban J connectivity index is 2.04. The van der Waals surface area contributed by atoms with Crippen LogP contribution in [0.5, 0.6) is 0 Å². The Morgan fingerprint density at radius 1 is 1.35 bits per heavy atom. The molecule has 17 heavy (non-hydrogen) atoms. The summed E-state index contributed by atoms with van der Waals surface area (Å²) >= 11 is 0. The fraction of sp³-hybridized carbons (Fsp3) is 0.462. The topological polar surface area (TPSA) is 49.8 Å². The number of nitrogens with zero attached hydrogens (tertiary/aromatic N) is 1. The van der Waals surface area contributed by atoms with E-state index in [-0.39, 0.29) is 5.69 Å².